The van der Waals surface area contributed by atoms with Gasteiger partial charge in [0.1, 0.15) is 31.3 Å². The molecule has 12 heteroatoms. The summed E-state index contributed by atoms with van der Waals surface area (Å²) in [4.78, 5) is 9.17. The van der Waals surface area contributed by atoms with E-state index in [1.807, 2.05) is 21.3 Å². The summed E-state index contributed by atoms with van der Waals surface area (Å²) in [5.74, 6) is 1.52. The van der Waals surface area contributed by atoms with Gasteiger partial charge in [-0.05, 0) is 35.9 Å². The van der Waals surface area contributed by atoms with Crippen LogP contribution in [0.5, 0.6) is 0 Å². The van der Waals surface area contributed by atoms with Gasteiger partial charge >= 0.3 is 6.18 Å². The number of hydrogen-bond acceptors (Lipinski definition) is 6. The molecule has 0 N–H and O–H groups in total. The molecule has 2 aliphatic rings. The largest absolute Gasteiger partial charge is 0.474 e. The van der Waals surface area contributed by atoms with Crippen molar-refractivity contribution in [2.75, 3.05) is 13.7 Å². The Morgan fingerprint density at radius 2 is 2.03 bits per heavy atom. The molecule has 2 aliphatic heterocycles. The minimum atomic E-state index is -4.43. The van der Waals surface area contributed by atoms with Gasteiger partial charge < -0.3 is 14.0 Å². The third-order valence-electron chi connectivity index (χ3n) is 6.19. The van der Waals surface area contributed by atoms with Gasteiger partial charge in [0, 0.05) is 17.7 Å². The van der Waals surface area contributed by atoms with E-state index in [-0.39, 0.29) is 19.1 Å². The molecule has 0 spiro atoms. The molecule has 2 aromatic heterocycles. The number of alkyl halides is 3. The van der Waals surface area contributed by atoms with E-state index in [1.165, 1.54) is 6.07 Å². The molecule has 36 heavy (non-hydrogen) atoms. The van der Waals surface area contributed by atoms with Crippen LogP contribution in [0.2, 0.25) is 5.02 Å². The number of aromatic nitrogens is 5. The molecular weight excluding hydrogens is 497 g/mol. The van der Waals surface area contributed by atoms with E-state index < -0.39 is 17.8 Å². The van der Waals surface area contributed by atoms with E-state index in [1.54, 1.807) is 25.6 Å². The lowest BCUT2D eigenvalue weighted by atomic mass is 10.0. The van der Waals surface area contributed by atoms with Crippen molar-refractivity contribution in [1.82, 2.24) is 24.3 Å². The molecule has 0 aliphatic carbocycles. The van der Waals surface area contributed by atoms with Gasteiger partial charge in [-0.3, -0.25) is 4.57 Å². The Kier molecular flexibility index (Phi) is 5.34. The summed E-state index contributed by atoms with van der Waals surface area (Å²) in [5, 5.41) is 9.21. The van der Waals surface area contributed by atoms with Gasteiger partial charge in [-0.2, -0.15) is 13.2 Å². The molecule has 2 aromatic carbocycles. The van der Waals surface area contributed by atoms with Crippen molar-refractivity contribution in [3.8, 4) is 17.1 Å². The van der Waals surface area contributed by atoms with Crippen molar-refractivity contribution in [3.63, 3.8) is 0 Å². The second-order valence-corrected chi connectivity index (χ2v) is 8.85. The summed E-state index contributed by atoms with van der Waals surface area (Å²) in [6.45, 7) is 0.711. The van der Waals surface area contributed by atoms with E-state index in [4.69, 9.17) is 21.1 Å². The number of imidazole rings is 1. The molecule has 0 saturated heterocycles. The van der Waals surface area contributed by atoms with E-state index in [0.29, 0.717) is 34.5 Å². The Morgan fingerprint density at radius 3 is 2.83 bits per heavy atom. The van der Waals surface area contributed by atoms with Crippen LogP contribution in [0.1, 0.15) is 34.4 Å². The predicted octanol–water partition coefficient (Wildman–Crippen LogP) is 4.83. The molecule has 8 nitrogen and oxygen atoms in total. The molecule has 4 heterocycles. The van der Waals surface area contributed by atoms with Gasteiger partial charge in [-0.1, -0.05) is 23.7 Å². The van der Waals surface area contributed by atoms with Gasteiger partial charge in [-0.25, -0.2) is 9.98 Å². The molecule has 0 unspecified atom stereocenters. The number of nitrogens with zero attached hydrogens (tertiary/aromatic N) is 6. The Balaban J connectivity index is 1.44. The molecule has 0 amide bonds. The van der Waals surface area contributed by atoms with Gasteiger partial charge in [0.25, 0.3) is 0 Å². The average molecular weight is 515 g/mol. The SMILES string of the molecule is COCc1nnc2n1Cc1c(C3=N[C@@H](c4cccc(C(F)(F)F)c4)CO3)ncn1-c1ccc(Cl)cc1-2. The molecule has 4 aromatic rings. The minimum absolute atomic E-state index is 0.113. The number of fused-ring (bicyclic) bond motifs is 5. The predicted molar refractivity (Wildman–Crippen MR) is 124 cm³/mol. The summed E-state index contributed by atoms with van der Waals surface area (Å²) in [7, 11) is 1.58. The second kappa shape index (κ2) is 8.45. The van der Waals surface area contributed by atoms with Crippen LogP contribution in [-0.2, 0) is 28.8 Å². The van der Waals surface area contributed by atoms with E-state index in [9.17, 15) is 13.2 Å². The number of rotatable bonds is 4. The zero-order valence-corrected chi connectivity index (χ0v) is 19.6. The van der Waals surface area contributed by atoms with Crippen molar-refractivity contribution in [1.29, 1.82) is 0 Å². The molecular formula is C24H18ClF3N6O2. The highest BCUT2D eigenvalue weighted by Gasteiger charge is 2.33. The number of hydrogen-bond donors (Lipinski definition) is 0. The summed E-state index contributed by atoms with van der Waals surface area (Å²) in [5.41, 5.74) is 2.54. The van der Waals surface area contributed by atoms with E-state index in [0.717, 1.165) is 29.1 Å². The van der Waals surface area contributed by atoms with Crippen LogP contribution >= 0.6 is 11.6 Å². The number of aliphatic imine (C=N–C) groups is 1. The summed E-state index contributed by atoms with van der Waals surface area (Å²) < 4.78 is 54.6. The lowest BCUT2D eigenvalue weighted by molar-refractivity contribution is -0.137. The Bertz CT molecular complexity index is 1510. The lowest BCUT2D eigenvalue weighted by Gasteiger charge is -2.10. The van der Waals surface area contributed by atoms with Crippen LogP contribution in [0.3, 0.4) is 0 Å². The highest BCUT2D eigenvalue weighted by molar-refractivity contribution is 6.31. The van der Waals surface area contributed by atoms with Crippen LogP contribution in [0, 0.1) is 0 Å². The fourth-order valence-corrected chi connectivity index (χ4v) is 4.66. The summed E-state index contributed by atoms with van der Waals surface area (Å²) >= 11 is 6.30. The fourth-order valence-electron chi connectivity index (χ4n) is 4.49. The number of ether oxygens (including phenoxy) is 2. The molecule has 1 atom stereocenters. The first-order valence-corrected chi connectivity index (χ1v) is 11.4. The first kappa shape index (κ1) is 22.7. The van der Waals surface area contributed by atoms with Crippen LogP contribution in [-0.4, -0.2) is 43.9 Å². The highest BCUT2D eigenvalue weighted by Crippen LogP contribution is 2.36. The van der Waals surface area contributed by atoms with Gasteiger partial charge in [-0.15, -0.1) is 10.2 Å². The normalized spacial score (nSPS) is 16.6. The zero-order chi connectivity index (χ0) is 25.0. The summed E-state index contributed by atoms with van der Waals surface area (Å²) in [6, 6.07) is 10.0. The van der Waals surface area contributed by atoms with Gasteiger partial charge in [0.2, 0.25) is 5.90 Å². The summed E-state index contributed by atoms with van der Waals surface area (Å²) in [6.07, 6.45) is -2.77. The van der Waals surface area contributed by atoms with Crippen LogP contribution in [0.4, 0.5) is 13.2 Å². The first-order valence-electron chi connectivity index (χ1n) is 11.0. The third-order valence-corrected chi connectivity index (χ3v) is 6.42. The standard InChI is InChI=1S/C24H18ClF3N6O2/c1-35-11-20-31-32-22-16-8-15(25)5-6-18(16)34-12-29-21(19(34)9-33(20)22)23-30-17(10-36-23)13-3-2-4-14(7-13)24(26,27)28/h2-8,12,17H,9-11H2,1H3/t17-/m1/s1. The Morgan fingerprint density at radius 1 is 1.17 bits per heavy atom. The maximum absolute atomic E-state index is 13.2. The molecule has 6 rings (SSSR count). The fraction of sp³-hybridized carbons (Fsp3) is 0.250. The number of benzene rings is 2. The first-order chi connectivity index (χ1) is 17.3. The van der Waals surface area contributed by atoms with Crippen molar-refractivity contribution in [3.05, 3.63) is 82.2 Å². The number of halogens is 4. The molecule has 0 saturated carbocycles. The van der Waals surface area contributed by atoms with Crippen LogP contribution < -0.4 is 0 Å². The molecule has 0 radical (unpaired) electrons. The molecule has 184 valence electrons. The highest BCUT2D eigenvalue weighted by atomic mass is 35.5. The molecule has 0 fully saturated rings. The van der Waals surface area contributed by atoms with Gasteiger partial charge in [0.05, 0.1) is 23.5 Å². The van der Waals surface area contributed by atoms with E-state index in [2.05, 4.69) is 20.2 Å². The topological polar surface area (TPSA) is 79.3 Å². The maximum atomic E-state index is 13.2. The van der Waals surface area contributed by atoms with Crippen molar-refractivity contribution in [2.24, 2.45) is 4.99 Å². The smallest absolute Gasteiger partial charge is 0.416 e. The second-order valence-electron chi connectivity index (χ2n) is 8.41. The van der Waals surface area contributed by atoms with Gasteiger partial charge in [0.15, 0.2) is 11.6 Å². The van der Waals surface area contributed by atoms with Crippen molar-refractivity contribution >= 4 is 17.5 Å². The lowest BCUT2D eigenvalue weighted by Crippen LogP contribution is -2.13. The Hall–Kier alpha value is -3.70. The zero-order valence-electron chi connectivity index (χ0n) is 18.8. The van der Waals surface area contributed by atoms with Crippen LogP contribution in [0.25, 0.3) is 17.1 Å². The third kappa shape index (κ3) is 3.75. The maximum Gasteiger partial charge on any atom is 0.416 e. The number of methoxy groups -OCH3 is 1. The minimum Gasteiger partial charge on any atom is -0.474 e. The quantitative estimate of drug-likeness (QED) is 0.343. The molecule has 0 bridgehead atoms. The monoisotopic (exact) mass is 514 g/mol. The van der Waals surface area contributed by atoms with Crippen molar-refractivity contribution < 1.29 is 22.6 Å². The Labute approximate surface area is 208 Å². The van der Waals surface area contributed by atoms with Crippen molar-refractivity contribution in [2.45, 2.75) is 25.4 Å². The van der Waals surface area contributed by atoms with Crippen LogP contribution in [0.15, 0.2) is 53.8 Å². The average Bonchev–Trinajstić information content (AvgIpc) is 3.57. The van der Waals surface area contributed by atoms with E-state index >= 15 is 0 Å².